The number of Topliss-reactive ketones (excluding diaryl/α,β-unsaturated/α-hetero) is 1. The summed E-state index contributed by atoms with van der Waals surface area (Å²) in [7, 11) is 0. The Morgan fingerprint density at radius 1 is 1.04 bits per heavy atom. The third-order valence-corrected chi connectivity index (χ3v) is 3.35. The van der Waals surface area contributed by atoms with Crippen molar-refractivity contribution in [3.63, 3.8) is 0 Å². The molecule has 2 rings (SSSR count). The van der Waals surface area contributed by atoms with Gasteiger partial charge < -0.3 is 9.47 Å². The summed E-state index contributed by atoms with van der Waals surface area (Å²) in [5.74, 6) is -0.220. The summed E-state index contributed by atoms with van der Waals surface area (Å²) in [5.41, 5.74) is 1.18. The minimum absolute atomic E-state index is 0.292. The summed E-state index contributed by atoms with van der Waals surface area (Å²) in [6.07, 6.45) is -0.911. The van der Waals surface area contributed by atoms with E-state index in [0.717, 1.165) is 0 Å². The Morgan fingerprint density at radius 2 is 1.62 bits per heavy atom. The second kappa shape index (κ2) is 7.93. The molecule has 122 valence electrons. The number of carbonyl (C=O) groups is 2. The van der Waals surface area contributed by atoms with Crippen molar-refractivity contribution < 1.29 is 19.1 Å². The molecule has 0 aromatic heterocycles. The van der Waals surface area contributed by atoms with E-state index in [4.69, 9.17) is 14.7 Å². The van der Waals surface area contributed by atoms with Crippen molar-refractivity contribution >= 4 is 11.8 Å². The molecular weight excluding hydrogens is 306 g/mol. The van der Waals surface area contributed by atoms with E-state index in [1.807, 2.05) is 13.0 Å². The lowest BCUT2D eigenvalue weighted by Crippen LogP contribution is -2.24. The molecule has 1 unspecified atom stereocenters. The molecule has 24 heavy (non-hydrogen) atoms. The maximum atomic E-state index is 12.3. The normalized spacial score (nSPS) is 11.2. The molecule has 0 saturated heterocycles. The maximum Gasteiger partial charge on any atom is 0.338 e. The number of nitrogens with zero attached hydrogens (tertiary/aromatic N) is 1. The summed E-state index contributed by atoms with van der Waals surface area (Å²) in [5, 5.41) is 8.74. The highest BCUT2D eigenvalue weighted by Crippen LogP contribution is 2.15. The Hall–Kier alpha value is -3.13. The van der Waals surface area contributed by atoms with E-state index in [-0.39, 0.29) is 5.78 Å². The van der Waals surface area contributed by atoms with Crippen molar-refractivity contribution in [2.75, 3.05) is 6.61 Å². The second-order valence-corrected chi connectivity index (χ2v) is 5.06. The van der Waals surface area contributed by atoms with Crippen LogP contribution in [0.15, 0.2) is 48.5 Å². The van der Waals surface area contributed by atoms with Gasteiger partial charge in [0.05, 0.1) is 23.8 Å². The van der Waals surface area contributed by atoms with Gasteiger partial charge in [-0.3, -0.25) is 4.79 Å². The Morgan fingerprint density at radius 3 is 2.17 bits per heavy atom. The lowest BCUT2D eigenvalue weighted by atomic mass is 10.1. The van der Waals surface area contributed by atoms with E-state index in [1.165, 1.54) is 31.2 Å². The molecule has 0 aliphatic rings. The van der Waals surface area contributed by atoms with Crippen LogP contribution >= 0.6 is 0 Å². The topological polar surface area (TPSA) is 76.4 Å². The highest BCUT2D eigenvalue weighted by molar-refractivity contribution is 6.01. The predicted octanol–water partition coefficient (Wildman–Crippen LogP) is 3.39. The molecule has 5 nitrogen and oxygen atoms in total. The molecule has 2 aromatic rings. The lowest BCUT2D eigenvalue weighted by Gasteiger charge is -2.13. The lowest BCUT2D eigenvalue weighted by molar-refractivity contribution is 0.0319. The number of rotatable bonds is 6. The molecule has 0 N–H and O–H groups in total. The molecular formula is C19H17NO4. The van der Waals surface area contributed by atoms with Crippen molar-refractivity contribution in [2.45, 2.75) is 20.0 Å². The number of ketones is 1. The molecule has 0 heterocycles. The molecule has 0 saturated carbocycles. The smallest absolute Gasteiger partial charge is 0.338 e. The minimum atomic E-state index is -0.911. The van der Waals surface area contributed by atoms with Crippen LogP contribution in [0.1, 0.15) is 40.1 Å². The number of ether oxygens (including phenoxy) is 2. The summed E-state index contributed by atoms with van der Waals surface area (Å²) >= 11 is 0. The number of carbonyl (C=O) groups excluding carboxylic acids is 2. The van der Waals surface area contributed by atoms with E-state index in [1.54, 1.807) is 24.3 Å². The first-order valence-corrected chi connectivity index (χ1v) is 7.53. The molecule has 0 fully saturated rings. The van der Waals surface area contributed by atoms with Crippen molar-refractivity contribution in [1.82, 2.24) is 0 Å². The Kier molecular flexibility index (Phi) is 5.69. The summed E-state index contributed by atoms with van der Waals surface area (Å²) in [6, 6.07) is 14.7. The van der Waals surface area contributed by atoms with Crippen LogP contribution < -0.4 is 4.74 Å². The SMILES string of the molecule is CCOc1ccc(C(=O)C(C)OC(=O)c2ccc(C#N)cc2)cc1. The van der Waals surface area contributed by atoms with E-state index in [9.17, 15) is 9.59 Å². The molecule has 0 aliphatic heterocycles. The zero-order valence-corrected chi connectivity index (χ0v) is 13.5. The van der Waals surface area contributed by atoms with Gasteiger partial charge in [0.25, 0.3) is 0 Å². The van der Waals surface area contributed by atoms with Crippen molar-refractivity contribution in [1.29, 1.82) is 5.26 Å². The fraction of sp³-hybridized carbons (Fsp3) is 0.211. The van der Waals surface area contributed by atoms with Gasteiger partial charge in [-0.15, -0.1) is 0 Å². The van der Waals surface area contributed by atoms with E-state index < -0.39 is 12.1 Å². The van der Waals surface area contributed by atoms with Gasteiger partial charge in [-0.05, 0) is 62.4 Å². The number of esters is 1. The number of hydrogen-bond acceptors (Lipinski definition) is 5. The van der Waals surface area contributed by atoms with Crippen LogP contribution in [-0.2, 0) is 4.74 Å². The average Bonchev–Trinajstić information content (AvgIpc) is 2.62. The van der Waals surface area contributed by atoms with Crippen LogP contribution in [-0.4, -0.2) is 24.5 Å². The molecule has 1 atom stereocenters. The first kappa shape index (κ1) is 17.2. The van der Waals surface area contributed by atoms with E-state index in [2.05, 4.69) is 0 Å². The van der Waals surface area contributed by atoms with Gasteiger partial charge in [-0.1, -0.05) is 0 Å². The van der Waals surface area contributed by atoms with E-state index in [0.29, 0.717) is 29.0 Å². The van der Waals surface area contributed by atoms with Crippen molar-refractivity contribution in [2.24, 2.45) is 0 Å². The predicted molar refractivity (Wildman–Crippen MR) is 88.0 cm³/mol. The van der Waals surface area contributed by atoms with Gasteiger partial charge in [0.2, 0.25) is 5.78 Å². The highest BCUT2D eigenvalue weighted by atomic mass is 16.5. The maximum absolute atomic E-state index is 12.3. The summed E-state index contributed by atoms with van der Waals surface area (Å²) in [4.78, 5) is 24.4. The van der Waals surface area contributed by atoms with Gasteiger partial charge in [0, 0.05) is 5.56 Å². The van der Waals surface area contributed by atoms with Crippen LogP contribution in [0.2, 0.25) is 0 Å². The fourth-order valence-corrected chi connectivity index (χ4v) is 2.08. The van der Waals surface area contributed by atoms with Crippen LogP contribution in [0.4, 0.5) is 0 Å². The van der Waals surface area contributed by atoms with Gasteiger partial charge >= 0.3 is 5.97 Å². The van der Waals surface area contributed by atoms with Gasteiger partial charge in [0.1, 0.15) is 5.75 Å². The minimum Gasteiger partial charge on any atom is -0.494 e. The zero-order valence-electron chi connectivity index (χ0n) is 13.5. The Balaban J connectivity index is 2.02. The third kappa shape index (κ3) is 4.20. The van der Waals surface area contributed by atoms with Crippen molar-refractivity contribution in [3.8, 4) is 11.8 Å². The molecule has 2 aromatic carbocycles. The fourth-order valence-electron chi connectivity index (χ4n) is 2.08. The molecule has 0 radical (unpaired) electrons. The van der Waals surface area contributed by atoms with Gasteiger partial charge in [-0.25, -0.2) is 4.79 Å². The first-order valence-electron chi connectivity index (χ1n) is 7.53. The molecule has 0 aliphatic carbocycles. The summed E-state index contributed by atoms with van der Waals surface area (Å²) in [6.45, 7) is 3.95. The number of hydrogen-bond donors (Lipinski definition) is 0. The van der Waals surface area contributed by atoms with Gasteiger partial charge in [-0.2, -0.15) is 5.26 Å². The zero-order chi connectivity index (χ0) is 17.5. The molecule has 0 amide bonds. The van der Waals surface area contributed by atoms with Gasteiger partial charge in [0.15, 0.2) is 6.10 Å². The van der Waals surface area contributed by atoms with Crippen LogP contribution in [0.3, 0.4) is 0 Å². The summed E-state index contributed by atoms with van der Waals surface area (Å²) < 4.78 is 10.5. The molecule has 0 spiro atoms. The van der Waals surface area contributed by atoms with Crippen LogP contribution in [0, 0.1) is 11.3 Å². The third-order valence-electron chi connectivity index (χ3n) is 3.35. The monoisotopic (exact) mass is 323 g/mol. The first-order chi connectivity index (χ1) is 11.5. The van der Waals surface area contributed by atoms with Crippen molar-refractivity contribution in [3.05, 3.63) is 65.2 Å². The molecule has 5 heteroatoms. The number of benzene rings is 2. The Bertz CT molecular complexity index is 757. The largest absolute Gasteiger partial charge is 0.494 e. The van der Waals surface area contributed by atoms with Crippen LogP contribution in [0.5, 0.6) is 5.75 Å². The Labute approximate surface area is 140 Å². The van der Waals surface area contributed by atoms with Crippen LogP contribution in [0.25, 0.3) is 0 Å². The average molecular weight is 323 g/mol. The standard InChI is InChI=1S/C19H17NO4/c1-3-23-17-10-8-15(9-11-17)18(21)13(2)24-19(22)16-6-4-14(12-20)5-7-16/h4-11,13H,3H2,1-2H3. The quantitative estimate of drug-likeness (QED) is 0.601. The highest BCUT2D eigenvalue weighted by Gasteiger charge is 2.20. The molecule has 0 bridgehead atoms. The van der Waals surface area contributed by atoms with E-state index >= 15 is 0 Å². The second-order valence-electron chi connectivity index (χ2n) is 5.06. The number of nitriles is 1.